The number of halogens is 2. The van der Waals surface area contributed by atoms with Gasteiger partial charge in [-0.2, -0.15) is 5.10 Å². The predicted octanol–water partition coefficient (Wildman–Crippen LogP) is 2.80. The van der Waals surface area contributed by atoms with Gasteiger partial charge in [0.1, 0.15) is 18.2 Å². The van der Waals surface area contributed by atoms with Crippen LogP contribution in [0.4, 0.5) is 20.7 Å². The van der Waals surface area contributed by atoms with Gasteiger partial charge in [-0.15, -0.1) is 5.10 Å². The molecule has 0 N–H and O–H groups in total. The Labute approximate surface area is 161 Å². The first-order valence-corrected chi connectivity index (χ1v) is 9.15. The smallest absolute Gasteiger partial charge is 0.325 e. The number of carbonyl (C=O) groups excluding carboxylic acids is 1. The lowest BCUT2D eigenvalue weighted by molar-refractivity contribution is 0.190. The van der Waals surface area contributed by atoms with Crippen LogP contribution in [0, 0.1) is 5.82 Å². The van der Waals surface area contributed by atoms with E-state index >= 15 is 0 Å². The summed E-state index contributed by atoms with van der Waals surface area (Å²) in [4.78, 5) is 18.6. The third-order valence-electron chi connectivity index (χ3n) is 4.82. The van der Waals surface area contributed by atoms with E-state index in [1.165, 1.54) is 12.1 Å². The third-order valence-corrected chi connectivity index (χ3v) is 5.11. The number of fused-ring (bicyclic) bond motifs is 1. The van der Waals surface area contributed by atoms with E-state index in [2.05, 4.69) is 15.1 Å². The van der Waals surface area contributed by atoms with Crippen molar-refractivity contribution in [2.75, 3.05) is 42.6 Å². The second-order valence-electron chi connectivity index (χ2n) is 6.60. The average molecular weight is 392 g/mol. The summed E-state index contributed by atoms with van der Waals surface area (Å²) < 4.78 is 19.6. The number of nitrogens with zero attached hydrogens (tertiary/aromatic N) is 5. The van der Waals surface area contributed by atoms with Crippen LogP contribution in [0.2, 0.25) is 5.02 Å². The summed E-state index contributed by atoms with van der Waals surface area (Å²) >= 11 is 5.85. The zero-order valence-electron chi connectivity index (χ0n) is 14.8. The van der Waals surface area contributed by atoms with E-state index in [4.69, 9.17) is 16.3 Å². The molecule has 0 aliphatic carbocycles. The van der Waals surface area contributed by atoms with Gasteiger partial charge in [-0.25, -0.2) is 9.18 Å². The molecule has 1 unspecified atom stereocenters. The van der Waals surface area contributed by atoms with Crippen molar-refractivity contribution in [3.05, 3.63) is 41.3 Å². The van der Waals surface area contributed by atoms with Gasteiger partial charge in [0.05, 0.1) is 16.8 Å². The Bertz CT molecular complexity index is 845. The van der Waals surface area contributed by atoms with Gasteiger partial charge in [-0.3, -0.25) is 4.90 Å². The largest absolute Gasteiger partial charge is 0.489 e. The Morgan fingerprint density at radius 1 is 1.30 bits per heavy atom. The maximum absolute atomic E-state index is 14.0. The molecule has 1 fully saturated rings. The van der Waals surface area contributed by atoms with Crippen molar-refractivity contribution in [1.82, 2.24) is 15.1 Å². The molecule has 2 aromatic rings. The molecule has 0 radical (unpaired) electrons. The summed E-state index contributed by atoms with van der Waals surface area (Å²) in [6, 6.07) is 6.06. The number of aromatic nitrogens is 2. The fourth-order valence-corrected chi connectivity index (χ4v) is 3.53. The third kappa shape index (κ3) is 3.37. The molecule has 1 aromatic carbocycles. The van der Waals surface area contributed by atoms with Crippen LogP contribution in [-0.2, 0) is 0 Å². The molecule has 27 heavy (non-hydrogen) atoms. The normalized spacial score (nSPS) is 19.5. The van der Waals surface area contributed by atoms with Crippen molar-refractivity contribution in [3.8, 4) is 5.75 Å². The zero-order valence-corrected chi connectivity index (χ0v) is 15.6. The van der Waals surface area contributed by atoms with Crippen molar-refractivity contribution in [3.63, 3.8) is 0 Å². The number of ether oxygens (including phenoxy) is 1. The number of benzene rings is 1. The summed E-state index contributed by atoms with van der Waals surface area (Å²) in [6.07, 6.45) is 1.63. The lowest BCUT2D eigenvalue weighted by atomic mass is 10.1. The molecule has 0 bridgehead atoms. The standard InChI is InChI=1S/C18H19ClFN5O2/c1-12-11-27-16-9-13(19)14(20)10-15(16)25(12)18(26)24-7-5-23(6-8-24)17-3-2-4-21-22-17/h2-4,9-10,12H,5-8,11H2,1H3. The van der Waals surface area contributed by atoms with Crippen LogP contribution in [0.1, 0.15) is 6.92 Å². The van der Waals surface area contributed by atoms with Crippen LogP contribution in [0.25, 0.3) is 0 Å². The minimum absolute atomic E-state index is 0.0201. The molecule has 1 saturated heterocycles. The molecule has 142 valence electrons. The average Bonchev–Trinajstić information content (AvgIpc) is 2.70. The highest BCUT2D eigenvalue weighted by Gasteiger charge is 2.34. The molecule has 4 rings (SSSR count). The Morgan fingerprint density at radius 2 is 2.07 bits per heavy atom. The fraction of sp³-hybridized carbons (Fsp3) is 0.389. The molecule has 0 saturated carbocycles. The Morgan fingerprint density at radius 3 is 2.78 bits per heavy atom. The van der Waals surface area contributed by atoms with Crippen molar-refractivity contribution in [2.24, 2.45) is 0 Å². The van der Waals surface area contributed by atoms with E-state index in [0.717, 1.165) is 5.82 Å². The van der Waals surface area contributed by atoms with E-state index < -0.39 is 5.82 Å². The molecule has 2 aliphatic rings. The Balaban J connectivity index is 1.51. The highest BCUT2D eigenvalue weighted by Crippen LogP contribution is 2.38. The SMILES string of the molecule is CC1COc2cc(Cl)c(F)cc2N1C(=O)N1CCN(c2cccnn2)CC1. The van der Waals surface area contributed by atoms with Crippen LogP contribution in [0.5, 0.6) is 5.75 Å². The number of urea groups is 1. The summed E-state index contributed by atoms with van der Waals surface area (Å²) in [6.45, 7) is 4.62. The number of hydrogen-bond acceptors (Lipinski definition) is 5. The van der Waals surface area contributed by atoms with Gasteiger partial charge < -0.3 is 14.5 Å². The minimum atomic E-state index is -0.571. The van der Waals surface area contributed by atoms with E-state index in [1.807, 2.05) is 19.1 Å². The molecule has 7 nitrogen and oxygen atoms in total. The molecule has 0 spiro atoms. The lowest BCUT2D eigenvalue weighted by Gasteiger charge is -2.41. The maximum atomic E-state index is 14.0. The molecule has 2 amide bonds. The summed E-state index contributed by atoms with van der Waals surface area (Å²) in [5.41, 5.74) is 0.414. The molecule has 1 atom stereocenters. The lowest BCUT2D eigenvalue weighted by Crippen LogP contribution is -2.56. The quantitative estimate of drug-likeness (QED) is 0.748. The van der Waals surface area contributed by atoms with Gasteiger partial charge in [0, 0.05) is 44.5 Å². The number of carbonyl (C=O) groups is 1. The highest BCUT2D eigenvalue weighted by atomic mass is 35.5. The van der Waals surface area contributed by atoms with Gasteiger partial charge in [-0.05, 0) is 19.1 Å². The Hall–Kier alpha value is -2.61. The number of anilines is 2. The first-order chi connectivity index (χ1) is 13.0. The van der Waals surface area contributed by atoms with Crippen LogP contribution >= 0.6 is 11.6 Å². The first kappa shape index (κ1) is 17.8. The van der Waals surface area contributed by atoms with E-state index in [0.29, 0.717) is 44.2 Å². The van der Waals surface area contributed by atoms with Crippen LogP contribution in [0.3, 0.4) is 0 Å². The van der Waals surface area contributed by atoms with Crippen LogP contribution < -0.4 is 14.5 Å². The van der Waals surface area contributed by atoms with E-state index in [-0.39, 0.29) is 17.1 Å². The molecule has 9 heteroatoms. The van der Waals surface area contributed by atoms with E-state index in [1.54, 1.807) is 16.0 Å². The number of piperazine rings is 1. The van der Waals surface area contributed by atoms with E-state index in [9.17, 15) is 9.18 Å². The second-order valence-corrected chi connectivity index (χ2v) is 7.01. The van der Waals surface area contributed by atoms with Gasteiger partial charge in [0.25, 0.3) is 0 Å². The van der Waals surface area contributed by atoms with Crippen molar-refractivity contribution in [1.29, 1.82) is 0 Å². The topological polar surface area (TPSA) is 61.8 Å². The maximum Gasteiger partial charge on any atom is 0.325 e. The molecular weight excluding hydrogens is 373 g/mol. The van der Waals surface area contributed by atoms with Crippen molar-refractivity contribution in [2.45, 2.75) is 13.0 Å². The summed E-state index contributed by atoms with van der Waals surface area (Å²) in [7, 11) is 0. The first-order valence-electron chi connectivity index (χ1n) is 8.77. The van der Waals surface area contributed by atoms with Gasteiger partial charge in [0.2, 0.25) is 0 Å². The van der Waals surface area contributed by atoms with Crippen LogP contribution in [-0.4, -0.2) is 60.0 Å². The highest BCUT2D eigenvalue weighted by molar-refractivity contribution is 6.31. The van der Waals surface area contributed by atoms with Gasteiger partial charge >= 0.3 is 6.03 Å². The molecule has 3 heterocycles. The van der Waals surface area contributed by atoms with Gasteiger partial charge in [-0.1, -0.05) is 11.6 Å². The van der Waals surface area contributed by atoms with Crippen molar-refractivity contribution < 1.29 is 13.9 Å². The predicted molar refractivity (Wildman–Crippen MR) is 100 cm³/mol. The summed E-state index contributed by atoms with van der Waals surface area (Å²) in [5, 5.41) is 7.99. The molecule has 2 aliphatic heterocycles. The molecular formula is C18H19ClFN5O2. The molecule has 1 aromatic heterocycles. The van der Waals surface area contributed by atoms with Gasteiger partial charge in [0.15, 0.2) is 5.82 Å². The number of hydrogen-bond donors (Lipinski definition) is 0. The number of rotatable bonds is 1. The van der Waals surface area contributed by atoms with Crippen molar-refractivity contribution >= 4 is 29.1 Å². The monoisotopic (exact) mass is 391 g/mol. The minimum Gasteiger partial charge on any atom is -0.489 e. The summed E-state index contributed by atoms with van der Waals surface area (Å²) in [5.74, 6) is 0.649. The second kappa shape index (κ2) is 7.19. The zero-order chi connectivity index (χ0) is 19.0. The fourth-order valence-electron chi connectivity index (χ4n) is 3.38. The number of amides is 2. The Kier molecular flexibility index (Phi) is 4.73. The van der Waals surface area contributed by atoms with Crippen LogP contribution in [0.15, 0.2) is 30.5 Å².